The van der Waals surface area contributed by atoms with Gasteiger partial charge in [0, 0.05) is 17.2 Å². The predicted molar refractivity (Wildman–Crippen MR) is 78.0 cm³/mol. The van der Waals surface area contributed by atoms with Crippen LogP contribution >= 0.6 is 27.7 Å². The summed E-state index contributed by atoms with van der Waals surface area (Å²) in [5, 5.41) is 0. The first kappa shape index (κ1) is 12.8. The Labute approximate surface area is 118 Å². The molecule has 1 saturated carbocycles. The third kappa shape index (κ3) is 3.22. The Morgan fingerprint density at radius 1 is 1.35 bits per heavy atom. The molecule has 0 amide bonds. The fourth-order valence-electron chi connectivity index (χ4n) is 3.33. The lowest BCUT2D eigenvalue weighted by Gasteiger charge is -2.38. The van der Waals surface area contributed by atoms with Crippen molar-refractivity contribution in [2.45, 2.75) is 55.4 Å². The molecule has 2 aliphatic heterocycles. The van der Waals surface area contributed by atoms with E-state index in [0.717, 1.165) is 23.3 Å². The maximum Gasteiger partial charge on any atom is 0.0783 e. The van der Waals surface area contributed by atoms with Crippen LogP contribution in [0.4, 0.5) is 0 Å². The highest BCUT2D eigenvalue weighted by Crippen LogP contribution is 2.43. The molecule has 3 fully saturated rings. The summed E-state index contributed by atoms with van der Waals surface area (Å²) in [4.78, 5) is 0.805. The molecule has 0 radical (unpaired) electrons. The maximum atomic E-state index is 6.09. The van der Waals surface area contributed by atoms with Gasteiger partial charge in [0.05, 0.1) is 5.60 Å². The summed E-state index contributed by atoms with van der Waals surface area (Å²) in [6, 6.07) is 0. The van der Waals surface area contributed by atoms with Crippen molar-refractivity contribution in [3.8, 4) is 0 Å². The molecule has 0 N–H and O–H groups in total. The third-order valence-electron chi connectivity index (χ3n) is 4.65. The van der Waals surface area contributed by atoms with Gasteiger partial charge in [0.25, 0.3) is 0 Å². The van der Waals surface area contributed by atoms with E-state index in [-0.39, 0.29) is 5.60 Å². The van der Waals surface area contributed by atoms with Crippen LogP contribution in [0.2, 0.25) is 0 Å². The van der Waals surface area contributed by atoms with Gasteiger partial charge in [-0.25, -0.2) is 0 Å². The van der Waals surface area contributed by atoms with Crippen LogP contribution in [-0.4, -0.2) is 28.5 Å². The minimum atomic E-state index is 0.287. The highest BCUT2D eigenvalue weighted by atomic mass is 79.9. The number of rotatable bonds is 4. The number of alkyl halides is 1. The smallest absolute Gasteiger partial charge is 0.0783 e. The first-order valence-corrected chi connectivity index (χ1v) is 9.20. The molecule has 3 aliphatic rings. The summed E-state index contributed by atoms with van der Waals surface area (Å²) in [5.41, 5.74) is 0.287. The van der Waals surface area contributed by atoms with Crippen LogP contribution in [0.5, 0.6) is 0 Å². The average Bonchev–Trinajstić information content (AvgIpc) is 3.10. The third-order valence-corrected chi connectivity index (χ3v) is 7.07. The van der Waals surface area contributed by atoms with Crippen molar-refractivity contribution in [2.24, 2.45) is 11.8 Å². The van der Waals surface area contributed by atoms with E-state index in [4.69, 9.17) is 4.74 Å². The highest BCUT2D eigenvalue weighted by molar-refractivity contribution is 9.09. The van der Waals surface area contributed by atoms with Crippen LogP contribution in [0, 0.1) is 11.8 Å². The molecule has 2 heterocycles. The second-order valence-electron chi connectivity index (χ2n) is 6.12. The summed E-state index contributed by atoms with van der Waals surface area (Å²) < 4.78 is 6.09. The van der Waals surface area contributed by atoms with Crippen molar-refractivity contribution in [1.82, 2.24) is 0 Å². The molecule has 3 rings (SSSR count). The van der Waals surface area contributed by atoms with Gasteiger partial charge in [0.1, 0.15) is 0 Å². The second-order valence-corrected chi connectivity index (χ2v) is 8.40. The van der Waals surface area contributed by atoms with E-state index in [0.29, 0.717) is 0 Å². The molecule has 1 spiro atoms. The van der Waals surface area contributed by atoms with E-state index in [1.807, 2.05) is 0 Å². The minimum Gasteiger partial charge on any atom is -0.374 e. The standard InChI is InChI=1S/C14H23BrOS/c15-13(12-2-3-12)4-1-11-5-7-16-14(9-11)6-8-17-10-14/h11-13H,1-10H2. The van der Waals surface area contributed by atoms with E-state index in [9.17, 15) is 0 Å². The number of ether oxygens (including phenoxy) is 1. The van der Waals surface area contributed by atoms with Gasteiger partial charge in [-0.1, -0.05) is 15.9 Å². The summed E-state index contributed by atoms with van der Waals surface area (Å²) in [7, 11) is 0. The lowest BCUT2D eigenvalue weighted by Crippen LogP contribution is -2.39. The molecule has 0 aromatic carbocycles. The summed E-state index contributed by atoms with van der Waals surface area (Å²) in [6.07, 6.45) is 9.67. The van der Waals surface area contributed by atoms with Gasteiger partial charge >= 0.3 is 0 Å². The zero-order chi connectivity index (χ0) is 11.7. The molecule has 3 unspecified atom stereocenters. The van der Waals surface area contributed by atoms with Gasteiger partial charge in [0.15, 0.2) is 0 Å². The lowest BCUT2D eigenvalue weighted by atomic mass is 9.82. The first-order valence-electron chi connectivity index (χ1n) is 7.13. The Bertz CT molecular complexity index is 261. The Morgan fingerprint density at radius 2 is 2.24 bits per heavy atom. The van der Waals surface area contributed by atoms with Crippen molar-refractivity contribution in [1.29, 1.82) is 0 Å². The first-order chi connectivity index (χ1) is 8.27. The van der Waals surface area contributed by atoms with Crippen molar-refractivity contribution in [3.63, 3.8) is 0 Å². The molecule has 0 aromatic rings. The number of hydrogen-bond acceptors (Lipinski definition) is 2. The van der Waals surface area contributed by atoms with Crippen LogP contribution in [0.25, 0.3) is 0 Å². The van der Waals surface area contributed by atoms with Crippen molar-refractivity contribution >= 4 is 27.7 Å². The molecule has 0 bridgehead atoms. The van der Waals surface area contributed by atoms with Gasteiger partial charge in [-0.05, 0) is 62.5 Å². The normalized spacial score (nSPS) is 39.7. The Balaban J connectivity index is 1.46. The Kier molecular flexibility index (Phi) is 4.08. The van der Waals surface area contributed by atoms with Crippen LogP contribution < -0.4 is 0 Å². The summed E-state index contributed by atoms with van der Waals surface area (Å²) >= 11 is 5.96. The van der Waals surface area contributed by atoms with Crippen LogP contribution in [0.15, 0.2) is 0 Å². The molecule has 1 nitrogen and oxygen atoms in total. The molecule has 0 aromatic heterocycles. The van der Waals surface area contributed by atoms with E-state index in [1.54, 1.807) is 0 Å². The van der Waals surface area contributed by atoms with Gasteiger partial charge in [-0.15, -0.1) is 0 Å². The van der Waals surface area contributed by atoms with E-state index in [1.165, 1.54) is 56.5 Å². The quantitative estimate of drug-likeness (QED) is 0.717. The summed E-state index contributed by atoms with van der Waals surface area (Å²) in [6.45, 7) is 1.02. The van der Waals surface area contributed by atoms with Gasteiger partial charge < -0.3 is 4.74 Å². The van der Waals surface area contributed by atoms with E-state index in [2.05, 4.69) is 27.7 Å². The summed E-state index contributed by atoms with van der Waals surface area (Å²) in [5.74, 6) is 4.51. The Hall–Kier alpha value is 0.790. The fourth-order valence-corrected chi connectivity index (χ4v) is 5.50. The molecular formula is C14H23BrOS. The molecule has 2 saturated heterocycles. The zero-order valence-electron chi connectivity index (χ0n) is 10.5. The number of hydrogen-bond donors (Lipinski definition) is 0. The molecule has 3 atom stereocenters. The molecule has 17 heavy (non-hydrogen) atoms. The minimum absolute atomic E-state index is 0.287. The predicted octanol–water partition coefficient (Wildman–Crippen LogP) is 4.24. The molecular weight excluding hydrogens is 296 g/mol. The average molecular weight is 319 g/mol. The molecule has 98 valence electrons. The lowest BCUT2D eigenvalue weighted by molar-refractivity contribution is -0.0807. The topological polar surface area (TPSA) is 9.23 Å². The van der Waals surface area contributed by atoms with Crippen LogP contribution in [0.3, 0.4) is 0 Å². The Morgan fingerprint density at radius 3 is 2.94 bits per heavy atom. The number of halogens is 1. The fraction of sp³-hybridized carbons (Fsp3) is 1.00. The van der Waals surface area contributed by atoms with Crippen LogP contribution in [-0.2, 0) is 4.74 Å². The molecule has 1 aliphatic carbocycles. The monoisotopic (exact) mass is 318 g/mol. The maximum absolute atomic E-state index is 6.09. The van der Waals surface area contributed by atoms with E-state index < -0.39 is 0 Å². The largest absolute Gasteiger partial charge is 0.374 e. The SMILES string of the molecule is BrC(CCC1CCOC2(CCSC2)C1)C1CC1. The number of thioether (sulfide) groups is 1. The zero-order valence-corrected chi connectivity index (χ0v) is 12.9. The second kappa shape index (κ2) is 5.42. The van der Waals surface area contributed by atoms with Gasteiger partial charge in [-0.2, -0.15) is 11.8 Å². The van der Waals surface area contributed by atoms with Crippen molar-refractivity contribution in [3.05, 3.63) is 0 Å². The molecule has 3 heteroatoms. The van der Waals surface area contributed by atoms with Crippen LogP contribution in [0.1, 0.15) is 44.9 Å². The van der Waals surface area contributed by atoms with Crippen molar-refractivity contribution in [2.75, 3.05) is 18.1 Å². The highest BCUT2D eigenvalue weighted by Gasteiger charge is 2.40. The van der Waals surface area contributed by atoms with Crippen molar-refractivity contribution < 1.29 is 4.74 Å². The van der Waals surface area contributed by atoms with Gasteiger partial charge in [0.2, 0.25) is 0 Å². The van der Waals surface area contributed by atoms with Gasteiger partial charge in [-0.3, -0.25) is 0 Å². The van der Waals surface area contributed by atoms with E-state index >= 15 is 0 Å².